The Bertz CT molecular complexity index is 699. The number of hydrogen-bond acceptors (Lipinski definition) is 7. The minimum absolute atomic E-state index is 0.0846. The number of Topliss-reactive ketones (excluding diaryl/α,β-unsaturated/α-hetero) is 2. The molecule has 1 heterocycles. The van der Waals surface area contributed by atoms with Crippen LogP contribution in [0.1, 0.15) is 61.3 Å². The number of allylic oxidation sites excluding steroid dienone is 1. The van der Waals surface area contributed by atoms with E-state index >= 15 is 0 Å². The fourth-order valence-electron chi connectivity index (χ4n) is 4.13. The minimum atomic E-state index is -2.39. The van der Waals surface area contributed by atoms with Crippen molar-refractivity contribution in [2.75, 3.05) is 13.2 Å². The van der Waals surface area contributed by atoms with Crippen LogP contribution >= 0.6 is 0 Å². The summed E-state index contributed by atoms with van der Waals surface area (Å²) in [5.74, 6) is -2.80. The van der Waals surface area contributed by atoms with Gasteiger partial charge in [0.05, 0.1) is 43.4 Å². The number of carbonyl (C=O) groups is 2. The monoisotopic (exact) mass is 486 g/mol. The van der Waals surface area contributed by atoms with Crippen LogP contribution in [0.3, 0.4) is 0 Å². The van der Waals surface area contributed by atoms with Crippen LogP contribution in [0, 0.1) is 17.8 Å². The SMILES string of the molecule is CC=C[C@H](C)[C@H]1OC1(C)[C@@H](O[Si](C)(C)C(C)(C)C)[C@@H](CO)C(=O)[C@H](CO)[C@@H](O)CC(=O)CC. The molecule has 0 saturated carbocycles. The predicted molar refractivity (Wildman–Crippen MR) is 131 cm³/mol. The Kier molecular flexibility index (Phi) is 10.7. The van der Waals surface area contributed by atoms with Crippen molar-refractivity contribution in [1.29, 1.82) is 0 Å². The summed E-state index contributed by atoms with van der Waals surface area (Å²) in [6.07, 6.45) is 1.75. The van der Waals surface area contributed by atoms with E-state index in [4.69, 9.17) is 9.16 Å². The zero-order valence-corrected chi connectivity index (χ0v) is 22.9. The number of carbonyl (C=O) groups excluding carboxylic acids is 2. The van der Waals surface area contributed by atoms with Crippen LogP contribution in [0.2, 0.25) is 18.1 Å². The van der Waals surface area contributed by atoms with E-state index in [-0.39, 0.29) is 35.7 Å². The maximum Gasteiger partial charge on any atom is 0.192 e. The van der Waals surface area contributed by atoms with Crippen molar-refractivity contribution in [1.82, 2.24) is 0 Å². The van der Waals surface area contributed by atoms with Gasteiger partial charge < -0.3 is 24.5 Å². The van der Waals surface area contributed by atoms with Crippen molar-refractivity contribution in [3.8, 4) is 0 Å². The molecule has 1 aliphatic heterocycles. The summed E-state index contributed by atoms with van der Waals surface area (Å²) < 4.78 is 12.8. The zero-order chi connectivity index (χ0) is 25.8. The van der Waals surface area contributed by atoms with Crippen LogP contribution in [0.15, 0.2) is 12.2 Å². The van der Waals surface area contributed by atoms with E-state index in [1.165, 1.54) is 0 Å². The summed E-state index contributed by atoms with van der Waals surface area (Å²) in [5.41, 5.74) is -0.804. The fourth-order valence-corrected chi connectivity index (χ4v) is 5.51. The molecule has 3 N–H and O–H groups in total. The first-order chi connectivity index (χ1) is 15.1. The maximum absolute atomic E-state index is 13.5. The van der Waals surface area contributed by atoms with Crippen LogP contribution in [0.25, 0.3) is 0 Å². The van der Waals surface area contributed by atoms with E-state index in [0.717, 1.165) is 0 Å². The van der Waals surface area contributed by atoms with E-state index in [9.17, 15) is 24.9 Å². The molecule has 7 atom stereocenters. The highest BCUT2D eigenvalue weighted by atomic mass is 28.4. The lowest BCUT2D eigenvalue weighted by Gasteiger charge is -2.43. The van der Waals surface area contributed by atoms with Crippen LogP contribution in [-0.4, -0.2) is 72.3 Å². The van der Waals surface area contributed by atoms with Gasteiger partial charge in [-0.3, -0.25) is 9.59 Å². The number of aliphatic hydroxyl groups excluding tert-OH is 3. The molecule has 0 spiro atoms. The second kappa shape index (κ2) is 11.7. The molecule has 7 nitrogen and oxygen atoms in total. The number of rotatable bonds is 14. The van der Waals surface area contributed by atoms with Crippen LogP contribution in [0.4, 0.5) is 0 Å². The van der Waals surface area contributed by atoms with Crippen molar-refractivity contribution in [3.63, 3.8) is 0 Å². The molecule has 1 unspecified atom stereocenters. The summed E-state index contributed by atoms with van der Waals surface area (Å²) >= 11 is 0. The molecule has 8 heteroatoms. The molecule has 33 heavy (non-hydrogen) atoms. The van der Waals surface area contributed by atoms with E-state index < -0.39 is 57.0 Å². The van der Waals surface area contributed by atoms with Gasteiger partial charge in [-0.2, -0.15) is 0 Å². The summed E-state index contributed by atoms with van der Waals surface area (Å²) in [6.45, 7) is 16.9. The number of hydrogen-bond donors (Lipinski definition) is 3. The Labute approximate surface area is 200 Å². The first kappa shape index (κ1) is 30.1. The Balaban J connectivity index is 3.36. The molecule has 1 saturated heterocycles. The third kappa shape index (κ3) is 7.05. The Morgan fingerprint density at radius 2 is 1.73 bits per heavy atom. The second-order valence-corrected chi connectivity index (χ2v) is 15.8. The van der Waals surface area contributed by atoms with Crippen molar-refractivity contribution in [2.24, 2.45) is 17.8 Å². The zero-order valence-electron chi connectivity index (χ0n) is 21.9. The van der Waals surface area contributed by atoms with Gasteiger partial charge in [0, 0.05) is 18.8 Å². The Morgan fingerprint density at radius 3 is 2.15 bits per heavy atom. The molecule has 1 fully saturated rings. The number of aliphatic hydroxyl groups is 3. The predicted octanol–water partition coefficient (Wildman–Crippen LogP) is 3.26. The van der Waals surface area contributed by atoms with Crippen molar-refractivity contribution < 1.29 is 34.1 Å². The standard InChI is InChI=1S/C25H46O7Si/c1-10-12-16(3)22-25(7,31-22)23(32-33(8,9)24(4,5)6)19(15-27)21(30)18(14-26)20(29)13-17(28)11-2/h10,12,16,18-20,22-23,26-27,29H,11,13-15H2,1-9H3/t16-,18+,19-,20-,22+,23-,25?/m0/s1. The third-order valence-corrected chi connectivity index (χ3v) is 11.9. The molecule has 0 aromatic rings. The van der Waals surface area contributed by atoms with Gasteiger partial charge in [-0.25, -0.2) is 0 Å². The van der Waals surface area contributed by atoms with E-state index in [1.54, 1.807) is 6.92 Å². The molecular formula is C25H46O7Si. The highest BCUT2D eigenvalue weighted by Crippen LogP contribution is 2.50. The maximum atomic E-state index is 13.5. The average molecular weight is 487 g/mol. The molecule has 0 aromatic carbocycles. The summed E-state index contributed by atoms with van der Waals surface area (Å²) in [5, 5.41) is 30.7. The van der Waals surface area contributed by atoms with Crippen molar-refractivity contribution >= 4 is 19.9 Å². The highest BCUT2D eigenvalue weighted by Gasteiger charge is 2.64. The van der Waals surface area contributed by atoms with E-state index in [2.05, 4.69) is 33.9 Å². The Hall–Kier alpha value is -0.903. The molecule has 192 valence electrons. The first-order valence-electron chi connectivity index (χ1n) is 12.0. The summed E-state index contributed by atoms with van der Waals surface area (Å²) in [4.78, 5) is 25.4. The van der Waals surface area contributed by atoms with Crippen molar-refractivity contribution in [3.05, 3.63) is 12.2 Å². The number of ketones is 2. The van der Waals surface area contributed by atoms with Crippen molar-refractivity contribution in [2.45, 2.75) is 103 Å². The van der Waals surface area contributed by atoms with Gasteiger partial charge in [0.25, 0.3) is 0 Å². The molecule has 1 aliphatic rings. The van der Waals surface area contributed by atoms with Gasteiger partial charge >= 0.3 is 0 Å². The fraction of sp³-hybridized carbons (Fsp3) is 0.840. The molecule has 0 bridgehead atoms. The van der Waals surface area contributed by atoms with Crippen LogP contribution < -0.4 is 0 Å². The van der Waals surface area contributed by atoms with Gasteiger partial charge in [0.1, 0.15) is 17.2 Å². The average Bonchev–Trinajstić information content (AvgIpc) is 3.40. The normalized spacial score (nSPS) is 26.0. The molecule has 1 rings (SSSR count). The topological polar surface area (TPSA) is 117 Å². The summed E-state index contributed by atoms with van der Waals surface area (Å²) in [7, 11) is -2.39. The highest BCUT2D eigenvalue weighted by molar-refractivity contribution is 6.74. The van der Waals surface area contributed by atoms with Gasteiger partial charge in [-0.05, 0) is 32.0 Å². The molecule has 0 radical (unpaired) electrons. The molecular weight excluding hydrogens is 440 g/mol. The number of epoxide rings is 1. The van der Waals surface area contributed by atoms with Gasteiger partial charge in [0.15, 0.2) is 8.32 Å². The molecule has 0 aliphatic carbocycles. The van der Waals surface area contributed by atoms with Crippen LogP contribution in [-0.2, 0) is 18.8 Å². The summed E-state index contributed by atoms with van der Waals surface area (Å²) in [6, 6.07) is 0. The van der Waals surface area contributed by atoms with E-state index in [0.29, 0.717) is 0 Å². The van der Waals surface area contributed by atoms with Gasteiger partial charge in [-0.1, -0.05) is 46.8 Å². The first-order valence-corrected chi connectivity index (χ1v) is 15.0. The molecule has 0 amide bonds. The lowest BCUT2D eigenvalue weighted by atomic mass is 9.79. The van der Waals surface area contributed by atoms with Gasteiger partial charge in [0.2, 0.25) is 0 Å². The smallest absolute Gasteiger partial charge is 0.192 e. The quantitative estimate of drug-likeness (QED) is 0.196. The lowest BCUT2D eigenvalue weighted by Crippen LogP contribution is -2.55. The lowest BCUT2D eigenvalue weighted by molar-refractivity contribution is -0.140. The molecule has 0 aromatic heterocycles. The van der Waals surface area contributed by atoms with Crippen LogP contribution in [0.5, 0.6) is 0 Å². The van der Waals surface area contributed by atoms with Gasteiger partial charge in [-0.15, -0.1) is 0 Å². The second-order valence-electron chi connectivity index (χ2n) is 11.1. The minimum Gasteiger partial charge on any atom is -0.410 e. The Morgan fingerprint density at radius 1 is 1.18 bits per heavy atom. The largest absolute Gasteiger partial charge is 0.410 e. The van der Waals surface area contributed by atoms with E-state index in [1.807, 2.05) is 32.9 Å². The third-order valence-electron chi connectivity index (χ3n) is 7.44. The number of ether oxygens (including phenoxy) is 1.